The van der Waals surface area contributed by atoms with Crippen molar-refractivity contribution in [2.24, 2.45) is 5.73 Å². The molecule has 0 bridgehead atoms. The van der Waals surface area contributed by atoms with E-state index in [2.05, 4.69) is 19.9 Å². The molecule has 0 fully saturated rings. The highest BCUT2D eigenvalue weighted by Crippen LogP contribution is 2.33. The fourth-order valence-electron chi connectivity index (χ4n) is 1.94. The van der Waals surface area contributed by atoms with Gasteiger partial charge in [-0.25, -0.2) is 0 Å². The molecular formula is C14H23NO2. The maximum atomic E-state index is 5.84. The van der Waals surface area contributed by atoms with E-state index < -0.39 is 0 Å². The van der Waals surface area contributed by atoms with Crippen molar-refractivity contribution < 1.29 is 9.47 Å². The SMILES string of the molecule is COc1cc(C(C)C)c(OC)cc1C[C@@H](C)N. The third-order valence-corrected chi connectivity index (χ3v) is 2.80. The molecule has 2 N–H and O–H groups in total. The van der Waals surface area contributed by atoms with Crippen LogP contribution in [0.5, 0.6) is 11.5 Å². The topological polar surface area (TPSA) is 44.5 Å². The second-order valence-electron chi connectivity index (χ2n) is 4.74. The van der Waals surface area contributed by atoms with Gasteiger partial charge in [0.15, 0.2) is 0 Å². The van der Waals surface area contributed by atoms with Crippen LogP contribution in [0.25, 0.3) is 0 Å². The van der Waals surface area contributed by atoms with Gasteiger partial charge in [0.25, 0.3) is 0 Å². The van der Waals surface area contributed by atoms with Crippen LogP contribution in [0.3, 0.4) is 0 Å². The molecular weight excluding hydrogens is 214 g/mol. The Balaban J connectivity index is 3.22. The van der Waals surface area contributed by atoms with Crippen LogP contribution in [-0.4, -0.2) is 20.3 Å². The van der Waals surface area contributed by atoms with E-state index in [0.29, 0.717) is 5.92 Å². The number of benzene rings is 1. The van der Waals surface area contributed by atoms with E-state index in [1.165, 1.54) is 0 Å². The highest BCUT2D eigenvalue weighted by Gasteiger charge is 2.14. The Morgan fingerprint density at radius 2 is 1.65 bits per heavy atom. The molecule has 0 aliphatic heterocycles. The van der Waals surface area contributed by atoms with Gasteiger partial charge >= 0.3 is 0 Å². The summed E-state index contributed by atoms with van der Waals surface area (Å²) < 4.78 is 10.9. The lowest BCUT2D eigenvalue weighted by molar-refractivity contribution is 0.392. The minimum atomic E-state index is 0.110. The van der Waals surface area contributed by atoms with E-state index in [1.54, 1.807) is 14.2 Å². The van der Waals surface area contributed by atoms with Gasteiger partial charge in [0.05, 0.1) is 14.2 Å². The zero-order valence-electron chi connectivity index (χ0n) is 11.4. The molecule has 17 heavy (non-hydrogen) atoms. The molecule has 0 amide bonds. The lowest BCUT2D eigenvalue weighted by Gasteiger charge is -2.17. The van der Waals surface area contributed by atoms with Crippen LogP contribution >= 0.6 is 0 Å². The second-order valence-corrected chi connectivity index (χ2v) is 4.74. The summed E-state index contributed by atoms with van der Waals surface area (Å²) in [6, 6.07) is 4.21. The maximum Gasteiger partial charge on any atom is 0.122 e. The van der Waals surface area contributed by atoms with Crippen molar-refractivity contribution in [3.8, 4) is 11.5 Å². The van der Waals surface area contributed by atoms with Gasteiger partial charge in [-0.3, -0.25) is 0 Å². The van der Waals surface area contributed by atoms with E-state index >= 15 is 0 Å². The molecule has 0 saturated carbocycles. The van der Waals surface area contributed by atoms with Gasteiger partial charge in [-0.05, 0) is 37.0 Å². The lowest BCUT2D eigenvalue weighted by atomic mass is 9.97. The van der Waals surface area contributed by atoms with Crippen LogP contribution in [0.15, 0.2) is 12.1 Å². The molecule has 1 aromatic rings. The van der Waals surface area contributed by atoms with Crippen molar-refractivity contribution in [2.45, 2.75) is 39.2 Å². The van der Waals surface area contributed by atoms with Crippen molar-refractivity contribution in [1.82, 2.24) is 0 Å². The summed E-state index contributed by atoms with van der Waals surface area (Å²) in [5.74, 6) is 2.21. The van der Waals surface area contributed by atoms with Crippen molar-refractivity contribution in [3.63, 3.8) is 0 Å². The maximum absolute atomic E-state index is 5.84. The quantitative estimate of drug-likeness (QED) is 0.856. The Bertz CT molecular complexity index is 373. The lowest BCUT2D eigenvalue weighted by Crippen LogP contribution is -2.18. The van der Waals surface area contributed by atoms with Gasteiger partial charge in [-0.2, -0.15) is 0 Å². The first-order valence-electron chi connectivity index (χ1n) is 6.00. The predicted molar refractivity (Wildman–Crippen MR) is 71.0 cm³/mol. The molecule has 0 radical (unpaired) electrons. The zero-order chi connectivity index (χ0) is 13.0. The Morgan fingerprint density at radius 3 is 2.06 bits per heavy atom. The van der Waals surface area contributed by atoms with E-state index in [1.807, 2.05) is 13.0 Å². The average Bonchev–Trinajstić information content (AvgIpc) is 2.27. The van der Waals surface area contributed by atoms with Crippen molar-refractivity contribution in [2.75, 3.05) is 14.2 Å². The summed E-state index contributed by atoms with van der Waals surface area (Å²) in [5.41, 5.74) is 8.11. The number of methoxy groups -OCH3 is 2. The van der Waals surface area contributed by atoms with Crippen molar-refractivity contribution >= 4 is 0 Å². The van der Waals surface area contributed by atoms with Gasteiger partial charge in [-0.15, -0.1) is 0 Å². The molecule has 0 saturated heterocycles. The fourth-order valence-corrected chi connectivity index (χ4v) is 1.94. The summed E-state index contributed by atoms with van der Waals surface area (Å²) in [5, 5.41) is 0. The molecule has 0 aliphatic carbocycles. The molecule has 0 unspecified atom stereocenters. The van der Waals surface area contributed by atoms with Gasteiger partial charge < -0.3 is 15.2 Å². The smallest absolute Gasteiger partial charge is 0.122 e. The van der Waals surface area contributed by atoms with Crippen LogP contribution in [0.4, 0.5) is 0 Å². The molecule has 3 heteroatoms. The molecule has 1 aromatic carbocycles. The Hall–Kier alpha value is -1.22. The molecule has 0 aromatic heterocycles. The minimum absolute atomic E-state index is 0.110. The standard InChI is InChI=1S/C14H23NO2/c1-9(2)12-8-13(16-4)11(6-10(3)15)7-14(12)17-5/h7-10H,6,15H2,1-5H3/t10-/m1/s1. The van der Waals surface area contributed by atoms with Crippen LogP contribution in [0, 0.1) is 0 Å². The summed E-state index contributed by atoms with van der Waals surface area (Å²) in [7, 11) is 3.39. The molecule has 3 nitrogen and oxygen atoms in total. The normalized spacial score (nSPS) is 12.6. The van der Waals surface area contributed by atoms with E-state index in [9.17, 15) is 0 Å². The summed E-state index contributed by atoms with van der Waals surface area (Å²) in [6.07, 6.45) is 0.790. The number of nitrogens with two attached hydrogens (primary N) is 1. The van der Waals surface area contributed by atoms with Crippen LogP contribution in [0.2, 0.25) is 0 Å². The summed E-state index contributed by atoms with van der Waals surface area (Å²) in [6.45, 7) is 6.27. The van der Waals surface area contributed by atoms with Gasteiger partial charge in [-0.1, -0.05) is 13.8 Å². The third kappa shape index (κ3) is 3.37. The van der Waals surface area contributed by atoms with Gasteiger partial charge in [0.1, 0.15) is 11.5 Å². The Morgan fingerprint density at radius 1 is 1.06 bits per heavy atom. The molecule has 0 aliphatic rings. The number of rotatable bonds is 5. The fraction of sp³-hybridized carbons (Fsp3) is 0.571. The average molecular weight is 237 g/mol. The first kappa shape index (κ1) is 13.8. The first-order valence-corrected chi connectivity index (χ1v) is 6.00. The summed E-state index contributed by atoms with van der Waals surface area (Å²) in [4.78, 5) is 0. The molecule has 0 spiro atoms. The first-order chi connectivity index (χ1) is 7.99. The van der Waals surface area contributed by atoms with E-state index in [4.69, 9.17) is 15.2 Å². The molecule has 0 heterocycles. The predicted octanol–water partition coefficient (Wildman–Crippen LogP) is 2.72. The third-order valence-electron chi connectivity index (χ3n) is 2.80. The number of hydrogen-bond acceptors (Lipinski definition) is 3. The second kappa shape index (κ2) is 5.92. The Labute approximate surface area is 104 Å². The van der Waals surface area contributed by atoms with Crippen LogP contribution < -0.4 is 15.2 Å². The van der Waals surface area contributed by atoms with Crippen molar-refractivity contribution in [1.29, 1.82) is 0 Å². The monoisotopic (exact) mass is 237 g/mol. The number of ether oxygens (including phenoxy) is 2. The Kier molecular flexibility index (Phi) is 4.82. The number of hydrogen-bond donors (Lipinski definition) is 1. The van der Waals surface area contributed by atoms with E-state index in [0.717, 1.165) is 29.0 Å². The summed E-state index contributed by atoms with van der Waals surface area (Å²) >= 11 is 0. The van der Waals surface area contributed by atoms with Gasteiger partial charge in [0.2, 0.25) is 0 Å². The zero-order valence-corrected chi connectivity index (χ0v) is 11.4. The van der Waals surface area contributed by atoms with Gasteiger partial charge in [0, 0.05) is 11.6 Å². The highest BCUT2D eigenvalue weighted by atomic mass is 16.5. The molecule has 96 valence electrons. The largest absolute Gasteiger partial charge is 0.496 e. The van der Waals surface area contributed by atoms with Crippen LogP contribution in [0.1, 0.15) is 37.8 Å². The highest BCUT2D eigenvalue weighted by molar-refractivity contribution is 5.48. The van der Waals surface area contributed by atoms with Crippen LogP contribution in [-0.2, 0) is 6.42 Å². The molecule has 1 rings (SSSR count). The molecule has 1 atom stereocenters. The minimum Gasteiger partial charge on any atom is -0.496 e. The van der Waals surface area contributed by atoms with E-state index in [-0.39, 0.29) is 6.04 Å². The van der Waals surface area contributed by atoms with Crippen molar-refractivity contribution in [3.05, 3.63) is 23.3 Å².